The van der Waals surface area contributed by atoms with Crippen molar-refractivity contribution in [2.45, 2.75) is 31.5 Å². The lowest BCUT2D eigenvalue weighted by molar-refractivity contribution is -0.118. The number of benzene rings is 1. The van der Waals surface area contributed by atoms with Crippen LogP contribution in [-0.4, -0.2) is 27.8 Å². The summed E-state index contributed by atoms with van der Waals surface area (Å²) in [6, 6.07) is 10.8. The van der Waals surface area contributed by atoms with E-state index in [9.17, 15) is 9.59 Å². The van der Waals surface area contributed by atoms with Gasteiger partial charge in [0.15, 0.2) is 5.16 Å². The van der Waals surface area contributed by atoms with E-state index in [-0.39, 0.29) is 23.8 Å². The number of nitrogens with one attached hydrogen (secondary N) is 1. The molecule has 0 saturated carbocycles. The van der Waals surface area contributed by atoms with Crippen LogP contribution >= 0.6 is 11.8 Å². The van der Waals surface area contributed by atoms with Gasteiger partial charge < -0.3 is 9.73 Å². The highest BCUT2D eigenvalue weighted by molar-refractivity contribution is 7.99. The smallest absolute Gasteiger partial charge is 0.262 e. The molecule has 0 atom stereocenters. The van der Waals surface area contributed by atoms with Gasteiger partial charge in [-0.2, -0.15) is 0 Å². The zero-order valence-corrected chi connectivity index (χ0v) is 15.4. The van der Waals surface area contributed by atoms with Crippen LogP contribution < -0.4 is 10.9 Å². The molecule has 0 aliphatic carbocycles. The van der Waals surface area contributed by atoms with E-state index < -0.39 is 0 Å². The predicted molar refractivity (Wildman–Crippen MR) is 102 cm³/mol. The summed E-state index contributed by atoms with van der Waals surface area (Å²) in [5, 5.41) is 3.94. The molecule has 7 heteroatoms. The normalized spacial score (nSPS) is 11.0. The van der Waals surface area contributed by atoms with E-state index in [1.165, 1.54) is 11.8 Å². The van der Waals surface area contributed by atoms with Crippen LogP contribution in [0.25, 0.3) is 10.9 Å². The number of carbonyl (C=O) groups excluding carboxylic acids is 1. The van der Waals surface area contributed by atoms with E-state index in [0.29, 0.717) is 28.4 Å². The maximum Gasteiger partial charge on any atom is 0.262 e. The molecule has 0 unspecified atom stereocenters. The Labute approximate surface area is 155 Å². The monoisotopic (exact) mass is 371 g/mol. The van der Waals surface area contributed by atoms with Crippen LogP contribution in [-0.2, 0) is 11.3 Å². The Morgan fingerprint density at radius 3 is 2.88 bits per heavy atom. The standard InChI is InChI=1S/C19H21N3O3S/c1-2-3-10-20-17(23)13-26-19-21-16-9-5-4-8-15(16)18(24)22(19)12-14-7-6-11-25-14/h4-9,11H,2-3,10,12-13H2,1H3,(H,20,23). The fraction of sp³-hybridized carbons (Fsp3) is 0.316. The number of nitrogens with zero attached hydrogens (tertiary/aromatic N) is 2. The van der Waals surface area contributed by atoms with Crippen molar-refractivity contribution in [2.75, 3.05) is 12.3 Å². The molecule has 0 fully saturated rings. The number of rotatable bonds is 8. The molecule has 1 N–H and O–H groups in total. The van der Waals surface area contributed by atoms with Crippen molar-refractivity contribution in [3.05, 3.63) is 58.8 Å². The number of unbranched alkanes of at least 4 members (excludes halogenated alkanes) is 1. The molecule has 0 saturated heterocycles. The Hall–Kier alpha value is -2.54. The maximum atomic E-state index is 12.9. The van der Waals surface area contributed by atoms with E-state index >= 15 is 0 Å². The van der Waals surface area contributed by atoms with Crippen LogP contribution in [0.4, 0.5) is 0 Å². The summed E-state index contributed by atoms with van der Waals surface area (Å²) >= 11 is 1.26. The third-order valence-corrected chi connectivity index (χ3v) is 4.88. The van der Waals surface area contributed by atoms with Crippen LogP contribution in [0.1, 0.15) is 25.5 Å². The van der Waals surface area contributed by atoms with Gasteiger partial charge in [0, 0.05) is 6.54 Å². The van der Waals surface area contributed by atoms with Crippen molar-refractivity contribution in [3.8, 4) is 0 Å². The molecule has 1 amide bonds. The largest absolute Gasteiger partial charge is 0.467 e. The lowest BCUT2D eigenvalue weighted by Gasteiger charge is -2.12. The first-order valence-corrected chi connectivity index (χ1v) is 9.59. The van der Waals surface area contributed by atoms with Gasteiger partial charge >= 0.3 is 0 Å². The van der Waals surface area contributed by atoms with Crippen molar-refractivity contribution in [2.24, 2.45) is 0 Å². The predicted octanol–water partition coefficient (Wildman–Crippen LogP) is 3.05. The molecule has 26 heavy (non-hydrogen) atoms. The molecule has 6 nitrogen and oxygen atoms in total. The van der Waals surface area contributed by atoms with Crippen LogP contribution in [0.5, 0.6) is 0 Å². The number of aromatic nitrogens is 2. The number of para-hydroxylation sites is 1. The minimum Gasteiger partial charge on any atom is -0.467 e. The fourth-order valence-electron chi connectivity index (χ4n) is 2.54. The zero-order chi connectivity index (χ0) is 18.4. The van der Waals surface area contributed by atoms with Crippen LogP contribution in [0.2, 0.25) is 0 Å². The summed E-state index contributed by atoms with van der Waals surface area (Å²) < 4.78 is 6.94. The summed E-state index contributed by atoms with van der Waals surface area (Å²) in [7, 11) is 0. The molecular formula is C19H21N3O3S. The van der Waals surface area contributed by atoms with E-state index in [1.807, 2.05) is 18.2 Å². The zero-order valence-electron chi connectivity index (χ0n) is 14.6. The number of hydrogen-bond acceptors (Lipinski definition) is 5. The van der Waals surface area contributed by atoms with Crippen LogP contribution in [0.15, 0.2) is 57.0 Å². The summed E-state index contributed by atoms with van der Waals surface area (Å²) in [6.07, 6.45) is 3.55. The molecule has 0 aliphatic heterocycles. The summed E-state index contributed by atoms with van der Waals surface area (Å²) in [5.41, 5.74) is 0.489. The Morgan fingerprint density at radius 2 is 2.12 bits per heavy atom. The molecule has 2 aromatic heterocycles. The third-order valence-electron chi connectivity index (χ3n) is 3.91. The van der Waals surface area contributed by atoms with Crippen molar-refractivity contribution in [1.82, 2.24) is 14.9 Å². The van der Waals surface area contributed by atoms with Gasteiger partial charge in [-0.15, -0.1) is 0 Å². The van der Waals surface area contributed by atoms with Crippen LogP contribution in [0, 0.1) is 0 Å². The molecule has 1 aromatic carbocycles. The minimum absolute atomic E-state index is 0.0598. The molecule has 3 aromatic rings. The second-order valence-corrected chi connectivity index (χ2v) is 6.82. The first-order chi connectivity index (χ1) is 12.7. The van der Waals surface area contributed by atoms with Gasteiger partial charge in [-0.25, -0.2) is 4.98 Å². The average molecular weight is 371 g/mol. The van der Waals surface area contributed by atoms with Crippen molar-refractivity contribution in [1.29, 1.82) is 0 Å². The number of thioether (sulfide) groups is 1. The Morgan fingerprint density at radius 1 is 1.27 bits per heavy atom. The van der Waals surface area contributed by atoms with Gasteiger partial charge in [0.1, 0.15) is 5.76 Å². The first-order valence-electron chi connectivity index (χ1n) is 8.60. The second-order valence-electron chi connectivity index (χ2n) is 5.87. The maximum absolute atomic E-state index is 12.9. The van der Waals surface area contributed by atoms with Crippen molar-refractivity contribution in [3.63, 3.8) is 0 Å². The number of amides is 1. The number of furan rings is 1. The molecular weight excluding hydrogens is 350 g/mol. The Balaban J connectivity index is 1.87. The minimum atomic E-state index is -0.138. The average Bonchev–Trinajstić information content (AvgIpc) is 3.16. The third kappa shape index (κ3) is 4.35. The second kappa shape index (κ2) is 8.71. The highest BCUT2D eigenvalue weighted by Gasteiger charge is 2.14. The van der Waals surface area contributed by atoms with Crippen molar-refractivity contribution >= 4 is 28.6 Å². The van der Waals surface area contributed by atoms with E-state index in [0.717, 1.165) is 12.8 Å². The van der Waals surface area contributed by atoms with Gasteiger partial charge in [-0.1, -0.05) is 37.2 Å². The lowest BCUT2D eigenvalue weighted by atomic mass is 10.2. The van der Waals surface area contributed by atoms with Gasteiger partial charge in [-0.05, 0) is 30.7 Å². The van der Waals surface area contributed by atoms with E-state index in [1.54, 1.807) is 29.0 Å². The molecule has 2 heterocycles. The van der Waals surface area contributed by atoms with Gasteiger partial charge in [0.05, 0.1) is 29.5 Å². The van der Waals surface area contributed by atoms with Crippen LogP contribution in [0.3, 0.4) is 0 Å². The highest BCUT2D eigenvalue weighted by atomic mass is 32.2. The molecule has 0 aliphatic rings. The summed E-state index contributed by atoms with van der Waals surface area (Å²) in [5.74, 6) is 0.820. The van der Waals surface area contributed by atoms with Gasteiger partial charge in [0.25, 0.3) is 5.56 Å². The fourth-order valence-corrected chi connectivity index (χ4v) is 3.37. The molecule has 0 radical (unpaired) electrons. The Bertz CT molecular complexity index is 935. The molecule has 136 valence electrons. The van der Waals surface area contributed by atoms with Gasteiger partial charge in [0.2, 0.25) is 5.91 Å². The Kier molecular flexibility index (Phi) is 6.12. The van der Waals surface area contributed by atoms with E-state index in [2.05, 4.69) is 17.2 Å². The molecule has 3 rings (SSSR count). The topological polar surface area (TPSA) is 77.1 Å². The lowest BCUT2D eigenvalue weighted by Crippen LogP contribution is -2.27. The van der Waals surface area contributed by atoms with Crippen molar-refractivity contribution < 1.29 is 9.21 Å². The van der Waals surface area contributed by atoms with Gasteiger partial charge in [-0.3, -0.25) is 14.2 Å². The number of fused-ring (bicyclic) bond motifs is 1. The summed E-state index contributed by atoms with van der Waals surface area (Å²) in [4.78, 5) is 29.5. The highest BCUT2D eigenvalue weighted by Crippen LogP contribution is 2.19. The SMILES string of the molecule is CCCCNC(=O)CSc1nc2ccccc2c(=O)n1Cc1ccco1. The molecule has 0 spiro atoms. The number of hydrogen-bond donors (Lipinski definition) is 1. The quantitative estimate of drug-likeness (QED) is 0.374. The number of carbonyl (C=O) groups is 1. The first kappa shape index (κ1) is 18.3. The summed E-state index contributed by atoms with van der Waals surface area (Å²) in [6.45, 7) is 3.02. The van der Waals surface area contributed by atoms with E-state index in [4.69, 9.17) is 4.42 Å². The molecule has 0 bridgehead atoms.